The molecular weight excluding hydrogens is 310 g/mol. The summed E-state index contributed by atoms with van der Waals surface area (Å²) in [6, 6.07) is 13.6. The van der Waals surface area contributed by atoms with Crippen molar-refractivity contribution in [3.8, 4) is 11.8 Å². The van der Waals surface area contributed by atoms with E-state index in [9.17, 15) is 5.26 Å². The summed E-state index contributed by atoms with van der Waals surface area (Å²) in [5.74, 6) is 1.46. The summed E-state index contributed by atoms with van der Waals surface area (Å²) in [4.78, 5) is 4.43. The molecule has 0 aliphatic carbocycles. The van der Waals surface area contributed by atoms with Gasteiger partial charge in [0.25, 0.3) is 0 Å². The van der Waals surface area contributed by atoms with Crippen LogP contribution in [0.3, 0.4) is 0 Å². The van der Waals surface area contributed by atoms with E-state index in [2.05, 4.69) is 21.5 Å². The Bertz CT molecular complexity index is 841. The number of thioether (sulfide) groups is 1. The molecule has 1 aromatic carbocycles. The molecule has 2 heterocycles. The standard InChI is InChI=1S/C16H15N5OS/c1-23-16-13(11-17)15(21-14(20-16)7-8-19-21)18-9-10-22-12-5-3-2-4-6-12/h2-8,18H,9-10H2,1H3. The van der Waals surface area contributed by atoms with Gasteiger partial charge >= 0.3 is 0 Å². The van der Waals surface area contributed by atoms with Crippen LogP contribution in [0.5, 0.6) is 5.75 Å². The quantitative estimate of drug-likeness (QED) is 0.427. The third-order valence-corrected chi connectivity index (χ3v) is 3.90. The van der Waals surface area contributed by atoms with Gasteiger partial charge in [-0.1, -0.05) is 18.2 Å². The van der Waals surface area contributed by atoms with Crippen molar-refractivity contribution in [3.63, 3.8) is 0 Å². The van der Waals surface area contributed by atoms with Crippen LogP contribution in [0.1, 0.15) is 5.56 Å². The largest absolute Gasteiger partial charge is 0.492 e. The van der Waals surface area contributed by atoms with Crippen LogP contribution in [0, 0.1) is 11.3 Å². The van der Waals surface area contributed by atoms with Crippen LogP contribution < -0.4 is 10.1 Å². The van der Waals surface area contributed by atoms with E-state index in [0.29, 0.717) is 35.2 Å². The summed E-state index contributed by atoms with van der Waals surface area (Å²) in [6.45, 7) is 1.03. The first-order chi connectivity index (χ1) is 11.3. The fraction of sp³-hybridized carbons (Fsp3) is 0.188. The van der Waals surface area contributed by atoms with Gasteiger partial charge in [0, 0.05) is 6.07 Å². The van der Waals surface area contributed by atoms with Crippen LogP contribution in [0.25, 0.3) is 5.65 Å². The second-order valence-corrected chi connectivity index (χ2v) is 5.44. The molecule has 0 atom stereocenters. The summed E-state index contributed by atoms with van der Waals surface area (Å²) in [7, 11) is 0. The van der Waals surface area contributed by atoms with Crippen LogP contribution in [0.2, 0.25) is 0 Å². The van der Waals surface area contributed by atoms with Crippen molar-refractivity contribution in [2.45, 2.75) is 5.03 Å². The third-order valence-electron chi connectivity index (χ3n) is 3.21. The lowest BCUT2D eigenvalue weighted by Crippen LogP contribution is -2.16. The van der Waals surface area contributed by atoms with Gasteiger partial charge in [0.15, 0.2) is 11.5 Å². The zero-order chi connectivity index (χ0) is 16.1. The molecule has 23 heavy (non-hydrogen) atoms. The maximum absolute atomic E-state index is 9.45. The van der Waals surface area contributed by atoms with E-state index in [4.69, 9.17) is 4.74 Å². The van der Waals surface area contributed by atoms with Gasteiger partial charge in [0.2, 0.25) is 0 Å². The zero-order valence-electron chi connectivity index (χ0n) is 12.6. The van der Waals surface area contributed by atoms with E-state index in [-0.39, 0.29) is 0 Å². The van der Waals surface area contributed by atoms with Crippen LogP contribution in [0.4, 0.5) is 5.82 Å². The monoisotopic (exact) mass is 325 g/mol. The topological polar surface area (TPSA) is 75.2 Å². The number of fused-ring (bicyclic) bond motifs is 1. The van der Waals surface area contributed by atoms with Gasteiger partial charge in [-0.3, -0.25) is 0 Å². The molecule has 0 fully saturated rings. The first-order valence-electron chi connectivity index (χ1n) is 7.07. The molecule has 6 nitrogen and oxygen atoms in total. The Morgan fingerprint density at radius 1 is 1.30 bits per heavy atom. The van der Waals surface area contributed by atoms with Crippen LogP contribution >= 0.6 is 11.8 Å². The fourth-order valence-corrected chi connectivity index (χ4v) is 2.72. The van der Waals surface area contributed by atoms with Crippen LogP contribution in [-0.2, 0) is 0 Å². The molecule has 1 N–H and O–H groups in total. The van der Waals surface area contributed by atoms with Crippen molar-refractivity contribution in [2.24, 2.45) is 0 Å². The molecule has 116 valence electrons. The Hall–Kier alpha value is -2.72. The van der Waals surface area contributed by atoms with Crippen molar-refractivity contribution >= 4 is 23.2 Å². The van der Waals surface area contributed by atoms with Crippen LogP contribution in [-0.4, -0.2) is 34.0 Å². The molecular formula is C16H15N5OS. The Morgan fingerprint density at radius 3 is 2.87 bits per heavy atom. The molecule has 0 amide bonds. The summed E-state index contributed by atoms with van der Waals surface area (Å²) >= 11 is 1.44. The second kappa shape index (κ2) is 7.03. The molecule has 7 heteroatoms. The van der Waals surface area contributed by atoms with Crippen molar-refractivity contribution in [1.82, 2.24) is 14.6 Å². The molecule has 3 aromatic rings. The van der Waals surface area contributed by atoms with E-state index in [0.717, 1.165) is 5.75 Å². The maximum Gasteiger partial charge on any atom is 0.158 e. The second-order valence-electron chi connectivity index (χ2n) is 4.65. The first-order valence-corrected chi connectivity index (χ1v) is 8.29. The van der Waals surface area contributed by atoms with E-state index in [1.54, 1.807) is 10.7 Å². The highest BCUT2D eigenvalue weighted by molar-refractivity contribution is 7.98. The molecule has 0 aliphatic rings. The number of nitriles is 1. The SMILES string of the molecule is CSc1nc2ccnn2c(NCCOc2ccccc2)c1C#N. The lowest BCUT2D eigenvalue weighted by Gasteiger charge is -2.12. The third kappa shape index (κ3) is 3.22. The Balaban J connectivity index is 1.76. The fourth-order valence-electron chi connectivity index (χ4n) is 2.19. The summed E-state index contributed by atoms with van der Waals surface area (Å²) in [5.41, 5.74) is 1.20. The molecule has 0 bridgehead atoms. The highest BCUT2D eigenvalue weighted by atomic mass is 32.2. The summed E-state index contributed by atoms with van der Waals surface area (Å²) in [6.07, 6.45) is 3.57. The lowest BCUT2D eigenvalue weighted by molar-refractivity contribution is 0.332. The van der Waals surface area contributed by atoms with E-state index in [1.807, 2.05) is 42.7 Å². The van der Waals surface area contributed by atoms with E-state index < -0.39 is 0 Å². The molecule has 0 saturated heterocycles. The van der Waals surface area contributed by atoms with Gasteiger partial charge in [-0.15, -0.1) is 11.8 Å². The number of hydrogen-bond donors (Lipinski definition) is 1. The first kappa shape index (κ1) is 15.2. The molecule has 3 rings (SSSR count). The molecule has 0 unspecified atom stereocenters. The van der Waals surface area contributed by atoms with Gasteiger partial charge in [-0.25, -0.2) is 4.98 Å². The number of nitrogens with one attached hydrogen (secondary N) is 1. The smallest absolute Gasteiger partial charge is 0.158 e. The number of para-hydroxylation sites is 1. The highest BCUT2D eigenvalue weighted by Crippen LogP contribution is 2.25. The Kier molecular flexibility index (Phi) is 4.64. The average molecular weight is 325 g/mol. The Morgan fingerprint density at radius 2 is 2.13 bits per heavy atom. The molecule has 0 radical (unpaired) electrons. The van der Waals surface area contributed by atoms with Crippen LogP contribution in [0.15, 0.2) is 47.6 Å². The highest BCUT2D eigenvalue weighted by Gasteiger charge is 2.15. The normalized spacial score (nSPS) is 10.4. The van der Waals surface area contributed by atoms with E-state index in [1.165, 1.54) is 11.8 Å². The minimum Gasteiger partial charge on any atom is -0.492 e. The molecule has 0 saturated carbocycles. The summed E-state index contributed by atoms with van der Waals surface area (Å²) in [5, 5.41) is 17.6. The van der Waals surface area contributed by atoms with Crippen molar-refractivity contribution < 1.29 is 4.74 Å². The number of ether oxygens (including phenoxy) is 1. The minimum absolute atomic E-state index is 0.481. The molecule has 2 aromatic heterocycles. The minimum atomic E-state index is 0.481. The summed E-state index contributed by atoms with van der Waals surface area (Å²) < 4.78 is 7.30. The Labute approximate surface area is 138 Å². The van der Waals surface area contributed by atoms with Crippen molar-refractivity contribution in [3.05, 3.63) is 48.2 Å². The van der Waals surface area contributed by atoms with Gasteiger partial charge < -0.3 is 10.1 Å². The predicted octanol–water partition coefficient (Wildman–Crippen LogP) is 2.81. The number of anilines is 1. The molecule has 0 aliphatic heterocycles. The van der Waals surface area contributed by atoms with Gasteiger partial charge in [-0.05, 0) is 18.4 Å². The number of hydrogen-bond acceptors (Lipinski definition) is 6. The van der Waals surface area contributed by atoms with Crippen molar-refractivity contribution in [1.29, 1.82) is 5.26 Å². The van der Waals surface area contributed by atoms with Gasteiger partial charge in [0.05, 0.1) is 12.7 Å². The number of rotatable bonds is 6. The van der Waals surface area contributed by atoms with Gasteiger partial charge in [-0.2, -0.15) is 14.9 Å². The number of nitrogens with zero attached hydrogens (tertiary/aromatic N) is 4. The molecule has 0 spiro atoms. The zero-order valence-corrected chi connectivity index (χ0v) is 13.4. The van der Waals surface area contributed by atoms with Crippen molar-refractivity contribution in [2.75, 3.05) is 24.7 Å². The maximum atomic E-state index is 9.45. The average Bonchev–Trinajstić information content (AvgIpc) is 3.07. The van der Waals surface area contributed by atoms with Gasteiger partial charge in [0.1, 0.15) is 29.0 Å². The lowest BCUT2D eigenvalue weighted by atomic mass is 10.3. The predicted molar refractivity (Wildman–Crippen MR) is 89.9 cm³/mol. The number of aromatic nitrogens is 3. The number of benzene rings is 1. The van der Waals surface area contributed by atoms with E-state index >= 15 is 0 Å².